The van der Waals surface area contributed by atoms with E-state index in [1.165, 1.54) is 6.92 Å². The van der Waals surface area contributed by atoms with Crippen LogP contribution in [-0.4, -0.2) is 53.0 Å². The maximum atomic E-state index is 12.0. The highest BCUT2D eigenvalue weighted by atomic mass is 16.6. The zero-order valence-corrected chi connectivity index (χ0v) is 13.3. The molecule has 128 valence electrons. The minimum atomic E-state index is -1.89. The standard InChI is InChI=1S/C15H20O8/c1-6(2)12(17)23-11-10(16)8-7(13(18)21-4)5-22-14(19)9(8)15(11,3)20/h5-6,8-11,16,20H,1-4H3/t8-,9-,10+,11+,15-/m1/s1. The quantitative estimate of drug-likeness (QED) is 0.527. The molecule has 2 rings (SSSR count). The fourth-order valence-electron chi connectivity index (χ4n) is 3.05. The van der Waals surface area contributed by atoms with Gasteiger partial charge in [-0.15, -0.1) is 0 Å². The number of hydrogen-bond donors (Lipinski definition) is 2. The molecule has 0 aromatic carbocycles. The van der Waals surface area contributed by atoms with Gasteiger partial charge in [0.1, 0.15) is 18.0 Å². The lowest BCUT2D eigenvalue weighted by atomic mass is 9.81. The van der Waals surface area contributed by atoms with Crippen molar-refractivity contribution in [3.05, 3.63) is 11.8 Å². The molecule has 5 atom stereocenters. The smallest absolute Gasteiger partial charge is 0.337 e. The number of esters is 3. The van der Waals surface area contributed by atoms with E-state index in [0.29, 0.717) is 0 Å². The van der Waals surface area contributed by atoms with Crippen molar-refractivity contribution in [1.82, 2.24) is 0 Å². The van der Waals surface area contributed by atoms with Crippen LogP contribution in [0.5, 0.6) is 0 Å². The molecule has 0 spiro atoms. The summed E-state index contributed by atoms with van der Waals surface area (Å²) in [7, 11) is 1.14. The first-order chi connectivity index (χ1) is 10.6. The van der Waals surface area contributed by atoms with E-state index in [4.69, 9.17) is 9.47 Å². The van der Waals surface area contributed by atoms with Gasteiger partial charge in [0.05, 0.1) is 24.5 Å². The number of fused-ring (bicyclic) bond motifs is 1. The van der Waals surface area contributed by atoms with E-state index in [0.717, 1.165) is 13.4 Å². The highest BCUT2D eigenvalue weighted by molar-refractivity contribution is 5.93. The van der Waals surface area contributed by atoms with E-state index < -0.39 is 53.5 Å². The zero-order chi connectivity index (χ0) is 17.5. The van der Waals surface area contributed by atoms with Crippen molar-refractivity contribution >= 4 is 17.9 Å². The predicted molar refractivity (Wildman–Crippen MR) is 74.5 cm³/mol. The zero-order valence-electron chi connectivity index (χ0n) is 13.3. The molecule has 8 nitrogen and oxygen atoms in total. The number of cyclic esters (lactones) is 1. The second-order valence-electron chi connectivity index (χ2n) is 6.23. The van der Waals surface area contributed by atoms with Gasteiger partial charge < -0.3 is 24.4 Å². The van der Waals surface area contributed by atoms with E-state index in [-0.39, 0.29) is 5.57 Å². The van der Waals surface area contributed by atoms with Crippen LogP contribution in [0, 0.1) is 17.8 Å². The first-order valence-corrected chi connectivity index (χ1v) is 7.22. The number of ether oxygens (including phenoxy) is 3. The van der Waals surface area contributed by atoms with Crippen molar-refractivity contribution in [1.29, 1.82) is 0 Å². The Balaban J connectivity index is 2.41. The largest absolute Gasteiger partial charge is 0.466 e. The van der Waals surface area contributed by atoms with Gasteiger partial charge in [0, 0.05) is 5.92 Å². The number of hydrogen-bond acceptors (Lipinski definition) is 8. The third kappa shape index (κ3) is 2.72. The Labute approximate surface area is 133 Å². The van der Waals surface area contributed by atoms with Gasteiger partial charge >= 0.3 is 17.9 Å². The number of methoxy groups -OCH3 is 1. The Bertz CT molecular complexity index is 562. The second-order valence-corrected chi connectivity index (χ2v) is 6.23. The Hall–Kier alpha value is -1.93. The lowest BCUT2D eigenvalue weighted by Gasteiger charge is -2.31. The third-order valence-electron chi connectivity index (χ3n) is 4.29. The van der Waals surface area contributed by atoms with E-state index in [1.807, 2.05) is 0 Å². The van der Waals surface area contributed by atoms with Crippen LogP contribution in [0.25, 0.3) is 0 Å². The molecule has 0 aromatic rings. The average Bonchev–Trinajstić information content (AvgIpc) is 2.68. The SMILES string of the molecule is COC(=O)C1=COC(=O)[C@H]2[C@@H]1[C@H](O)[C@H](OC(=O)C(C)C)[C@]2(C)O. The molecule has 1 aliphatic heterocycles. The van der Waals surface area contributed by atoms with E-state index >= 15 is 0 Å². The van der Waals surface area contributed by atoms with E-state index in [9.17, 15) is 24.6 Å². The summed E-state index contributed by atoms with van der Waals surface area (Å²) < 4.78 is 14.6. The van der Waals surface area contributed by atoms with Crippen LogP contribution in [0.2, 0.25) is 0 Å². The van der Waals surface area contributed by atoms with Crippen LogP contribution in [0.4, 0.5) is 0 Å². The summed E-state index contributed by atoms with van der Waals surface area (Å²) in [5.74, 6) is -5.05. The molecular weight excluding hydrogens is 308 g/mol. The normalized spacial score (nSPS) is 36.1. The minimum absolute atomic E-state index is 0.0898. The molecule has 0 unspecified atom stereocenters. The first-order valence-electron chi connectivity index (χ1n) is 7.22. The fraction of sp³-hybridized carbons (Fsp3) is 0.667. The summed E-state index contributed by atoms with van der Waals surface area (Å²) in [5.41, 5.74) is -1.98. The molecule has 23 heavy (non-hydrogen) atoms. The molecule has 2 aliphatic rings. The van der Waals surface area contributed by atoms with Gasteiger partial charge in [0.2, 0.25) is 0 Å². The lowest BCUT2D eigenvalue weighted by Crippen LogP contribution is -2.48. The van der Waals surface area contributed by atoms with Gasteiger partial charge in [-0.25, -0.2) is 4.79 Å². The van der Waals surface area contributed by atoms with Crippen molar-refractivity contribution in [2.24, 2.45) is 17.8 Å². The van der Waals surface area contributed by atoms with Gasteiger partial charge in [0.25, 0.3) is 0 Å². The molecule has 1 aliphatic carbocycles. The first kappa shape index (κ1) is 17.4. The topological polar surface area (TPSA) is 119 Å². The van der Waals surface area contributed by atoms with Crippen LogP contribution in [-0.2, 0) is 28.6 Å². The van der Waals surface area contributed by atoms with Crippen molar-refractivity contribution in [2.75, 3.05) is 7.11 Å². The summed E-state index contributed by atoms with van der Waals surface area (Å²) >= 11 is 0. The van der Waals surface area contributed by atoms with Crippen molar-refractivity contribution in [3.63, 3.8) is 0 Å². The van der Waals surface area contributed by atoms with Crippen LogP contribution >= 0.6 is 0 Å². The maximum absolute atomic E-state index is 12.0. The second kappa shape index (κ2) is 5.93. The summed E-state index contributed by atoms with van der Waals surface area (Å²) in [6.45, 7) is 4.46. The Kier molecular flexibility index (Phi) is 4.50. The van der Waals surface area contributed by atoms with Crippen LogP contribution in [0.15, 0.2) is 11.8 Å². The van der Waals surface area contributed by atoms with Gasteiger partial charge in [-0.05, 0) is 6.92 Å². The molecule has 0 bridgehead atoms. The Morgan fingerprint density at radius 2 is 2.00 bits per heavy atom. The molecule has 2 N–H and O–H groups in total. The molecule has 0 saturated heterocycles. The van der Waals surface area contributed by atoms with E-state index in [1.54, 1.807) is 13.8 Å². The van der Waals surface area contributed by atoms with Gasteiger partial charge in [-0.2, -0.15) is 0 Å². The monoisotopic (exact) mass is 328 g/mol. The molecule has 8 heteroatoms. The van der Waals surface area contributed by atoms with Gasteiger partial charge in [-0.3, -0.25) is 9.59 Å². The van der Waals surface area contributed by atoms with Crippen molar-refractivity contribution < 1.29 is 38.8 Å². The highest BCUT2D eigenvalue weighted by Gasteiger charge is 2.65. The summed E-state index contributed by atoms with van der Waals surface area (Å²) in [4.78, 5) is 35.7. The van der Waals surface area contributed by atoms with Crippen LogP contribution < -0.4 is 0 Å². The average molecular weight is 328 g/mol. The number of aliphatic hydroxyl groups excluding tert-OH is 1. The lowest BCUT2D eigenvalue weighted by molar-refractivity contribution is -0.178. The van der Waals surface area contributed by atoms with Crippen LogP contribution in [0.3, 0.4) is 0 Å². The number of carbonyl (C=O) groups excluding carboxylic acids is 3. The van der Waals surface area contributed by atoms with Crippen molar-refractivity contribution in [2.45, 2.75) is 38.6 Å². The number of aliphatic hydroxyl groups is 2. The number of rotatable bonds is 3. The molecule has 1 heterocycles. The van der Waals surface area contributed by atoms with Gasteiger partial charge in [-0.1, -0.05) is 13.8 Å². The predicted octanol–water partition coefficient (Wildman–Crippen LogP) is -0.474. The minimum Gasteiger partial charge on any atom is -0.466 e. The summed E-state index contributed by atoms with van der Waals surface area (Å²) in [6, 6.07) is 0. The molecule has 1 fully saturated rings. The molecule has 0 amide bonds. The molecule has 1 saturated carbocycles. The van der Waals surface area contributed by atoms with Crippen LogP contribution in [0.1, 0.15) is 20.8 Å². The Morgan fingerprint density at radius 1 is 1.39 bits per heavy atom. The highest BCUT2D eigenvalue weighted by Crippen LogP contribution is 2.48. The van der Waals surface area contributed by atoms with Crippen molar-refractivity contribution in [3.8, 4) is 0 Å². The summed E-state index contributed by atoms with van der Waals surface area (Å²) in [6.07, 6.45) is -1.91. The molecule has 0 aromatic heterocycles. The molecular formula is C15H20O8. The third-order valence-corrected chi connectivity index (χ3v) is 4.29. The summed E-state index contributed by atoms with van der Waals surface area (Å²) in [5, 5.41) is 21.2. The molecule has 0 radical (unpaired) electrons. The number of carbonyl (C=O) groups is 3. The van der Waals surface area contributed by atoms with E-state index in [2.05, 4.69) is 4.74 Å². The Morgan fingerprint density at radius 3 is 2.52 bits per heavy atom. The fourth-order valence-corrected chi connectivity index (χ4v) is 3.05. The maximum Gasteiger partial charge on any atom is 0.337 e. The van der Waals surface area contributed by atoms with Gasteiger partial charge in [0.15, 0.2) is 6.10 Å².